The van der Waals surface area contributed by atoms with E-state index in [1.54, 1.807) is 32.4 Å². The lowest BCUT2D eigenvalue weighted by molar-refractivity contribution is -0.124. The van der Waals surface area contributed by atoms with Gasteiger partial charge in [0.1, 0.15) is 22.4 Å². The number of aromatic nitrogens is 3. The highest BCUT2D eigenvalue weighted by Gasteiger charge is 2.40. The molecule has 3 atom stereocenters. The number of methoxy groups -OCH3 is 1. The second-order valence-corrected chi connectivity index (χ2v) is 15.9. The molecule has 1 unspecified atom stereocenters. The number of aliphatic hydroxyl groups is 1. The normalized spacial score (nSPS) is 22.4. The molecule has 11 heteroatoms. The van der Waals surface area contributed by atoms with Crippen LogP contribution in [-0.2, 0) is 28.0 Å². The van der Waals surface area contributed by atoms with Gasteiger partial charge in [0.25, 0.3) is 5.56 Å². The lowest BCUT2D eigenvalue weighted by atomic mass is 9.93. The lowest BCUT2D eigenvalue weighted by Crippen LogP contribution is -2.52. The Hall–Kier alpha value is -3.54. The second-order valence-electron chi connectivity index (χ2n) is 14.9. The first-order chi connectivity index (χ1) is 22.5. The van der Waals surface area contributed by atoms with Gasteiger partial charge in [0, 0.05) is 22.2 Å². The van der Waals surface area contributed by atoms with Crippen LogP contribution in [0.5, 0.6) is 5.75 Å². The third-order valence-electron chi connectivity index (χ3n) is 9.84. The molecule has 0 amide bonds. The van der Waals surface area contributed by atoms with E-state index < -0.39 is 22.4 Å². The van der Waals surface area contributed by atoms with Crippen molar-refractivity contribution in [1.29, 1.82) is 0 Å². The summed E-state index contributed by atoms with van der Waals surface area (Å²) in [5.74, 6) is 0.828. The summed E-state index contributed by atoms with van der Waals surface area (Å²) in [5.41, 5.74) is -0.402. The summed E-state index contributed by atoms with van der Waals surface area (Å²) in [7, 11) is 1.60. The minimum Gasteiger partial charge on any atom is -0.496 e. The molecule has 264 valence electrons. The van der Waals surface area contributed by atoms with Gasteiger partial charge in [-0.1, -0.05) is 32.0 Å². The molecule has 3 aliphatic rings. The summed E-state index contributed by atoms with van der Waals surface area (Å²) >= 11 is 1.29. The van der Waals surface area contributed by atoms with Gasteiger partial charge in [-0.15, -0.1) is 11.3 Å². The van der Waals surface area contributed by atoms with E-state index in [-0.39, 0.29) is 8.64 Å². The van der Waals surface area contributed by atoms with Crippen LogP contribution in [0.4, 0.5) is 0 Å². The van der Waals surface area contributed by atoms with Crippen molar-refractivity contribution in [2.24, 2.45) is 5.41 Å². The molecular weight excluding hydrogens is 630 g/mol. The topological polar surface area (TPSA) is 126 Å². The molecule has 3 aromatic heterocycles. The van der Waals surface area contributed by atoms with Crippen LogP contribution in [0.2, 0.25) is 0 Å². The molecule has 1 aromatic carbocycles. The van der Waals surface area contributed by atoms with Crippen molar-refractivity contribution in [2.45, 2.75) is 123 Å². The Kier molecular flexibility index (Phi) is 10.3. The number of oxazole rings is 1. The second kappa shape index (κ2) is 13.8. The Labute approximate surface area is 288 Å². The van der Waals surface area contributed by atoms with Gasteiger partial charge in [0.2, 0.25) is 5.89 Å². The maximum atomic E-state index is 13.6. The molecule has 10 nitrogen and oxygen atoms in total. The first-order valence-electron chi connectivity index (χ1n) is 16.7. The average molecular weight is 684 g/mol. The number of nitrogens with zero attached hydrogens (tertiary/aromatic N) is 3. The van der Waals surface area contributed by atoms with Crippen LogP contribution in [0, 0.1) is 12.3 Å². The number of Topliss-reactive ketones (excluding diaryl/α,β-unsaturated/α-hetero) is 1. The molecule has 2 aliphatic heterocycles. The van der Waals surface area contributed by atoms with Crippen LogP contribution >= 0.6 is 11.3 Å². The first-order valence-corrected chi connectivity index (χ1v) is 17.6. The van der Waals surface area contributed by atoms with E-state index in [9.17, 15) is 19.5 Å². The zero-order valence-electron chi connectivity index (χ0n) is 29.4. The number of aryl methyl sites for hydroxylation is 3. The lowest BCUT2D eigenvalue weighted by Gasteiger charge is -2.33. The summed E-state index contributed by atoms with van der Waals surface area (Å²) in [6.07, 6.45) is 11.1. The largest absolute Gasteiger partial charge is 0.496 e. The standard InChI is InChI=1S/C24H25N3O5S.C8H14O2.C5H10.2H2/c1-14-18-21(29)27(24(3,4)15(2)28)23(30)26(12-10-16-8-6-7-9-17(16)31-5)22(18)33-19(14)20-25-11-13-32-20;1-8(9)4-6-2-3-7(5-8)10-6;1-5(2)3-4-5;;/h6-9,11,13H,10,12H2,1-5H3;6-7,9H,2-5H2,1H3;3-4H2,1-2H3;2*1H/t;6-,7+,8?;;;. The predicted molar refractivity (Wildman–Crippen MR) is 192 cm³/mol. The minimum atomic E-state index is -1.30. The van der Waals surface area contributed by atoms with E-state index in [0.717, 1.165) is 47.0 Å². The molecule has 2 saturated heterocycles. The van der Waals surface area contributed by atoms with Gasteiger partial charge in [0.05, 0.1) is 41.4 Å². The zero-order chi connectivity index (χ0) is 35.0. The van der Waals surface area contributed by atoms with Gasteiger partial charge in [0.15, 0.2) is 5.78 Å². The van der Waals surface area contributed by atoms with Crippen molar-refractivity contribution in [3.8, 4) is 16.5 Å². The number of carbonyl (C=O) groups excluding carboxylic acids is 1. The van der Waals surface area contributed by atoms with Gasteiger partial charge >= 0.3 is 5.69 Å². The van der Waals surface area contributed by atoms with E-state index >= 15 is 0 Å². The monoisotopic (exact) mass is 683 g/mol. The van der Waals surface area contributed by atoms with Crippen molar-refractivity contribution in [2.75, 3.05) is 7.11 Å². The fraction of sp³-hybridized carbons (Fsp3) is 0.568. The van der Waals surface area contributed by atoms with Gasteiger partial charge in [-0.05, 0) is 89.3 Å². The van der Waals surface area contributed by atoms with Gasteiger partial charge < -0.3 is 19.0 Å². The van der Waals surface area contributed by atoms with Gasteiger partial charge in [-0.25, -0.2) is 14.3 Å². The van der Waals surface area contributed by atoms with E-state index in [1.807, 2.05) is 31.2 Å². The Bertz CT molecular complexity index is 1870. The fourth-order valence-corrected chi connectivity index (χ4v) is 7.53. The van der Waals surface area contributed by atoms with Gasteiger partial charge in [-0.2, -0.15) is 0 Å². The molecule has 0 radical (unpaired) electrons. The van der Waals surface area contributed by atoms with Crippen LogP contribution in [-0.4, -0.2) is 49.9 Å². The molecule has 1 saturated carbocycles. The number of thiophene rings is 1. The van der Waals surface area contributed by atoms with Crippen LogP contribution in [0.1, 0.15) is 94.0 Å². The van der Waals surface area contributed by atoms with E-state index in [0.29, 0.717) is 51.7 Å². The fourth-order valence-electron chi connectivity index (χ4n) is 6.27. The number of rotatable bonds is 7. The highest BCUT2D eigenvalue weighted by Crippen LogP contribution is 2.43. The highest BCUT2D eigenvalue weighted by molar-refractivity contribution is 7.22. The predicted octanol–water partition coefficient (Wildman–Crippen LogP) is 7.14. The summed E-state index contributed by atoms with van der Waals surface area (Å²) in [4.78, 5) is 45.0. The van der Waals surface area contributed by atoms with E-state index in [2.05, 4.69) is 18.8 Å². The third kappa shape index (κ3) is 7.68. The number of hydrogen-bond donors (Lipinski definition) is 1. The number of carbonyl (C=O) groups is 1. The summed E-state index contributed by atoms with van der Waals surface area (Å²) in [6, 6.07) is 7.59. The molecule has 1 N–H and O–H groups in total. The van der Waals surface area contributed by atoms with Crippen molar-refractivity contribution >= 4 is 27.3 Å². The Balaban J connectivity index is 0.000000325. The number of para-hydroxylation sites is 1. The average Bonchev–Trinajstić information content (AvgIpc) is 3.38. The molecule has 4 aromatic rings. The number of ketones is 1. The number of hydrogen-bond acceptors (Lipinski definition) is 9. The van der Waals surface area contributed by atoms with Crippen molar-refractivity contribution < 1.29 is 26.6 Å². The van der Waals surface area contributed by atoms with Gasteiger partial charge in [-0.3, -0.25) is 14.2 Å². The Morgan fingerprint density at radius 3 is 2.31 bits per heavy atom. The molecule has 5 heterocycles. The molecular formula is C37H53N3O7S. The SMILES string of the molecule is CC1(C)CC1.CC1(O)C[C@H]2CC[C@@H](C1)O2.COc1ccccc1CCn1c(=O)n(C(C)(C)C(C)=O)c(=O)c2c(C)c(-c3ncco3)sc21.[HH].[HH]. The number of ether oxygens (including phenoxy) is 2. The molecule has 7 rings (SSSR count). The Morgan fingerprint density at radius 2 is 1.77 bits per heavy atom. The molecule has 1 aliphatic carbocycles. The molecule has 3 fully saturated rings. The molecule has 48 heavy (non-hydrogen) atoms. The maximum Gasteiger partial charge on any atom is 0.332 e. The Morgan fingerprint density at radius 1 is 1.15 bits per heavy atom. The van der Waals surface area contributed by atoms with Crippen LogP contribution in [0.3, 0.4) is 0 Å². The van der Waals surface area contributed by atoms with Crippen LogP contribution in [0.15, 0.2) is 50.7 Å². The molecule has 2 bridgehead atoms. The van der Waals surface area contributed by atoms with Crippen molar-refractivity contribution in [3.05, 3.63) is 68.7 Å². The minimum absolute atomic E-state index is 0. The maximum absolute atomic E-state index is 13.6. The van der Waals surface area contributed by atoms with Crippen LogP contribution < -0.4 is 16.0 Å². The smallest absolute Gasteiger partial charge is 0.332 e. The number of fused-ring (bicyclic) bond motifs is 3. The van der Waals surface area contributed by atoms with Crippen molar-refractivity contribution in [1.82, 2.24) is 14.1 Å². The third-order valence-corrected chi connectivity index (χ3v) is 11.1. The summed E-state index contributed by atoms with van der Waals surface area (Å²) in [5, 5.41) is 10.1. The summed E-state index contributed by atoms with van der Waals surface area (Å²) in [6.45, 7) is 13.2. The first kappa shape index (κ1) is 35.8. The van der Waals surface area contributed by atoms with Crippen LogP contribution in [0.25, 0.3) is 21.0 Å². The zero-order valence-corrected chi connectivity index (χ0v) is 30.2. The van der Waals surface area contributed by atoms with E-state index in [4.69, 9.17) is 13.9 Å². The van der Waals surface area contributed by atoms with Crippen molar-refractivity contribution in [3.63, 3.8) is 0 Å². The molecule has 0 spiro atoms. The summed E-state index contributed by atoms with van der Waals surface area (Å²) < 4.78 is 19.1. The highest BCUT2D eigenvalue weighted by atomic mass is 32.1. The van der Waals surface area contributed by atoms with E-state index in [1.165, 1.54) is 43.6 Å². The number of benzene rings is 1. The quantitative estimate of drug-likeness (QED) is 0.218.